The number of urea groups is 1. The molecule has 0 spiro atoms. The highest BCUT2D eigenvalue weighted by Crippen LogP contribution is 2.34. The first-order chi connectivity index (χ1) is 8.93. The third kappa shape index (κ3) is 2.69. The summed E-state index contributed by atoms with van der Waals surface area (Å²) in [5.74, 6) is -0.105. The minimum absolute atomic E-state index is 0.302. The highest BCUT2D eigenvalue weighted by molar-refractivity contribution is 9.13. The molecule has 1 aromatic heterocycles. The first-order valence-corrected chi connectivity index (χ1v) is 6.84. The van der Waals surface area contributed by atoms with Crippen LogP contribution < -0.4 is 10.6 Å². The van der Waals surface area contributed by atoms with E-state index in [0.29, 0.717) is 26.2 Å². The molecule has 102 valence electrons. The molecule has 2 rings (SSSR count). The average molecular weight is 394 g/mol. The van der Waals surface area contributed by atoms with Crippen LogP contribution in [0.15, 0.2) is 30.9 Å². The fourth-order valence-electron chi connectivity index (χ4n) is 1.79. The van der Waals surface area contributed by atoms with Crippen molar-refractivity contribution < 1.29 is 18.7 Å². The van der Waals surface area contributed by atoms with Gasteiger partial charge in [-0.25, -0.2) is 9.59 Å². The van der Waals surface area contributed by atoms with E-state index in [1.165, 1.54) is 7.11 Å². The van der Waals surface area contributed by atoms with E-state index in [4.69, 9.17) is 9.15 Å². The van der Waals surface area contributed by atoms with E-state index in [1.54, 1.807) is 13.0 Å². The average Bonchev–Trinajstić information content (AvgIpc) is 2.68. The van der Waals surface area contributed by atoms with E-state index < -0.39 is 18.0 Å². The predicted octanol–water partition coefficient (Wildman–Crippen LogP) is 2.61. The van der Waals surface area contributed by atoms with Crippen LogP contribution in [0.25, 0.3) is 0 Å². The lowest BCUT2D eigenvalue weighted by atomic mass is 10.0. The van der Waals surface area contributed by atoms with Crippen LogP contribution in [0.2, 0.25) is 0 Å². The maximum absolute atomic E-state index is 11.8. The number of hydrogen-bond acceptors (Lipinski definition) is 4. The van der Waals surface area contributed by atoms with Gasteiger partial charge in [-0.1, -0.05) is 0 Å². The lowest BCUT2D eigenvalue weighted by Crippen LogP contribution is -2.45. The Morgan fingerprint density at radius 2 is 2.16 bits per heavy atom. The van der Waals surface area contributed by atoms with E-state index in [0.717, 1.165) is 0 Å². The lowest BCUT2D eigenvalue weighted by molar-refractivity contribution is -0.136. The van der Waals surface area contributed by atoms with E-state index >= 15 is 0 Å². The number of allylic oxidation sites excluding steroid dienone is 1. The van der Waals surface area contributed by atoms with Gasteiger partial charge < -0.3 is 19.8 Å². The van der Waals surface area contributed by atoms with Crippen molar-refractivity contribution in [3.63, 3.8) is 0 Å². The largest absolute Gasteiger partial charge is 0.466 e. The minimum Gasteiger partial charge on any atom is -0.466 e. The Kier molecular flexibility index (Phi) is 4.00. The minimum atomic E-state index is -0.691. The Morgan fingerprint density at radius 3 is 2.68 bits per heavy atom. The first-order valence-electron chi connectivity index (χ1n) is 5.25. The zero-order valence-corrected chi connectivity index (χ0v) is 13.2. The van der Waals surface area contributed by atoms with Gasteiger partial charge in [0.1, 0.15) is 11.8 Å². The summed E-state index contributed by atoms with van der Waals surface area (Å²) in [5.41, 5.74) is 0.736. The molecule has 0 saturated heterocycles. The summed E-state index contributed by atoms with van der Waals surface area (Å²) in [7, 11) is 1.28. The number of carbonyl (C=O) groups excluding carboxylic acids is 2. The van der Waals surface area contributed by atoms with E-state index in [1.807, 2.05) is 0 Å². The zero-order valence-electron chi connectivity index (χ0n) is 10.0. The molecule has 1 aliphatic heterocycles. The van der Waals surface area contributed by atoms with Crippen LogP contribution in [-0.2, 0) is 9.53 Å². The van der Waals surface area contributed by atoms with Gasteiger partial charge in [0.2, 0.25) is 0 Å². The number of nitrogens with one attached hydrogen (secondary N) is 2. The number of esters is 1. The van der Waals surface area contributed by atoms with Gasteiger partial charge in [-0.15, -0.1) is 0 Å². The fraction of sp³-hybridized carbons (Fsp3) is 0.273. The van der Waals surface area contributed by atoms with Crippen LogP contribution in [-0.4, -0.2) is 19.1 Å². The van der Waals surface area contributed by atoms with Gasteiger partial charge >= 0.3 is 12.0 Å². The molecule has 8 heteroatoms. The van der Waals surface area contributed by atoms with Crippen LogP contribution in [0.1, 0.15) is 18.7 Å². The third-order valence-electron chi connectivity index (χ3n) is 2.62. The van der Waals surface area contributed by atoms with Crippen molar-refractivity contribution in [3.05, 3.63) is 32.2 Å². The van der Waals surface area contributed by atoms with Crippen molar-refractivity contribution in [2.24, 2.45) is 0 Å². The normalized spacial score (nSPS) is 18.9. The van der Waals surface area contributed by atoms with Crippen molar-refractivity contribution in [2.75, 3.05) is 7.11 Å². The Morgan fingerprint density at radius 1 is 1.47 bits per heavy atom. The van der Waals surface area contributed by atoms with Gasteiger partial charge in [-0.3, -0.25) is 0 Å². The number of rotatable bonds is 2. The second-order valence-electron chi connectivity index (χ2n) is 3.83. The van der Waals surface area contributed by atoms with E-state index in [2.05, 4.69) is 42.5 Å². The second kappa shape index (κ2) is 5.38. The molecule has 0 saturated carbocycles. The molecule has 0 aliphatic carbocycles. The topological polar surface area (TPSA) is 80.6 Å². The van der Waals surface area contributed by atoms with E-state index in [9.17, 15) is 9.59 Å². The molecule has 0 aromatic carbocycles. The molecular formula is C11H10Br2N2O4. The molecule has 2 N–H and O–H groups in total. The summed E-state index contributed by atoms with van der Waals surface area (Å²) >= 11 is 6.50. The number of furan rings is 1. The van der Waals surface area contributed by atoms with Crippen molar-refractivity contribution in [1.29, 1.82) is 0 Å². The van der Waals surface area contributed by atoms with Crippen LogP contribution >= 0.6 is 31.9 Å². The van der Waals surface area contributed by atoms with Crippen molar-refractivity contribution in [3.8, 4) is 0 Å². The monoisotopic (exact) mass is 392 g/mol. The van der Waals surface area contributed by atoms with E-state index in [-0.39, 0.29) is 0 Å². The molecule has 1 aromatic rings. The fourth-order valence-corrected chi connectivity index (χ4v) is 2.40. The standard InChI is InChI=1S/C11H10Br2N2O4/c1-4-7(10(16)18-2)8(15-11(17)14-4)6-3-5(12)9(13)19-6/h3,8H,1-2H3,(H2,14,15,17)/t8-/m1/s1. The molecule has 1 atom stereocenters. The quantitative estimate of drug-likeness (QED) is 0.757. The molecule has 6 nitrogen and oxygen atoms in total. The predicted molar refractivity (Wildman–Crippen MR) is 73.2 cm³/mol. The molecule has 0 unspecified atom stereocenters. The summed E-state index contributed by atoms with van der Waals surface area (Å²) in [6.07, 6.45) is 0. The number of amides is 2. The number of methoxy groups -OCH3 is 1. The van der Waals surface area contributed by atoms with Gasteiger partial charge in [0.25, 0.3) is 0 Å². The zero-order chi connectivity index (χ0) is 14.2. The lowest BCUT2D eigenvalue weighted by Gasteiger charge is -2.25. The molecule has 19 heavy (non-hydrogen) atoms. The van der Waals surface area contributed by atoms with Crippen LogP contribution in [0, 0.1) is 0 Å². The second-order valence-corrected chi connectivity index (χ2v) is 5.41. The summed E-state index contributed by atoms with van der Waals surface area (Å²) in [4.78, 5) is 23.4. The SMILES string of the molecule is COC(=O)C1=C(C)NC(=O)N[C@@H]1c1cc(Br)c(Br)o1. The molecule has 2 heterocycles. The molecule has 1 aliphatic rings. The maximum atomic E-state index is 11.8. The van der Waals surface area contributed by atoms with Gasteiger partial charge in [-0.05, 0) is 44.8 Å². The van der Waals surface area contributed by atoms with Crippen molar-refractivity contribution in [1.82, 2.24) is 10.6 Å². The Labute approximate surface area is 125 Å². The number of carbonyl (C=O) groups is 2. The molecule has 0 bridgehead atoms. The summed E-state index contributed by atoms with van der Waals surface area (Å²) in [6.45, 7) is 1.63. The highest BCUT2D eigenvalue weighted by Gasteiger charge is 2.34. The summed E-state index contributed by atoms with van der Waals surface area (Å²) < 4.78 is 11.4. The maximum Gasteiger partial charge on any atom is 0.338 e. The Hall–Kier alpha value is -1.28. The molecular weight excluding hydrogens is 384 g/mol. The van der Waals surface area contributed by atoms with Crippen LogP contribution in [0.4, 0.5) is 4.79 Å². The number of ether oxygens (including phenoxy) is 1. The van der Waals surface area contributed by atoms with Crippen molar-refractivity contribution >= 4 is 43.9 Å². The van der Waals surface area contributed by atoms with Gasteiger partial charge in [0.15, 0.2) is 4.67 Å². The molecule has 0 fully saturated rings. The Bertz CT molecular complexity index is 560. The van der Waals surface area contributed by atoms with Gasteiger partial charge in [-0.2, -0.15) is 0 Å². The smallest absolute Gasteiger partial charge is 0.338 e. The van der Waals surface area contributed by atoms with Gasteiger partial charge in [0.05, 0.1) is 17.2 Å². The van der Waals surface area contributed by atoms with Crippen LogP contribution in [0.5, 0.6) is 0 Å². The van der Waals surface area contributed by atoms with Crippen molar-refractivity contribution in [2.45, 2.75) is 13.0 Å². The third-order valence-corrected chi connectivity index (χ3v) is 4.33. The van der Waals surface area contributed by atoms with Crippen LogP contribution in [0.3, 0.4) is 0 Å². The highest BCUT2D eigenvalue weighted by atomic mass is 79.9. The first kappa shape index (κ1) is 14.1. The molecule has 0 radical (unpaired) electrons. The number of halogens is 2. The summed E-state index contributed by atoms with van der Waals surface area (Å²) in [5, 5.41) is 5.15. The summed E-state index contributed by atoms with van der Waals surface area (Å²) in [6, 6.07) is 0.582. The Balaban J connectivity index is 2.48. The molecule has 2 amide bonds. The number of hydrogen-bond donors (Lipinski definition) is 2. The van der Waals surface area contributed by atoms with Gasteiger partial charge in [0, 0.05) is 5.70 Å².